The van der Waals surface area contributed by atoms with Gasteiger partial charge in [0, 0.05) is 25.0 Å². The zero-order chi connectivity index (χ0) is 22.9. The maximum atomic E-state index is 11.1. The third-order valence-electron chi connectivity index (χ3n) is 4.79. The average molecular weight is 463 g/mol. The van der Waals surface area contributed by atoms with Crippen molar-refractivity contribution in [1.82, 2.24) is 24.5 Å². The second-order valence-electron chi connectivity index (χ2n) is 7.01. The first-order valence-corrected chi connectivity index (χ1v) is 10.0. The van der Waals surface area contributed by atoms with Gasteiger partial charge in [-0.2, -0.15) is 0 Å². The Morgan fingerprint density at radius 2 is 2.09 bits per heavy atom. The lowest BCUT2D eigenvalue weighted by Crippen LogP contribution is -1.99. The summed E-state index contributed by atoms with van der Waals surface area (Å²) in [4.78, 5) is 27.5. The van der Waals surface area contributed by atoms with E-state index in [1.165, 1.54) is 12.5 Å². The lowest BCUT2D eigenvalue weighted by molar-refractivity contribution is 0.0690. The minimum atomic E-state index is -1.19. The Kier molecular flexibility index (Phi) is 5.11. The standard InChI is InChI=1S/C22H15ClN6O4/c1-29-11-26-16-7-13(3-4-18(16)29)33-19-5-2-12(6-15(19)23)27-20-14(8-24-10-25-20)21-28-17(9-32-21)22(30)31/h2-11H,1H3,(H,30,31)(H,24,25,27). The van der Waals surface area contributed by atoms with Crippen molar-refractivity contribution >= 4 is 40.1 Å². The number of ether oxygens (including phenoxy) is 1. The molecule has 10 nitrogen and oxygen atoms in total. The number of aromatic carboxylic acids is 1. The number of halogens is 1. The van der Waals surface area contributed by atoms with Gasteiger partial charge >= 0.3 is 5.97 Å². The number of fused-ring (bicyclic) bond motifs is 1. The van der Waals surface area contributed by atoms with Gasteiger partial charge in [0.15, 0.2) is 5.69 Å². The highest BCUT2D eigenvalue weighted by atomic mass is 35.5. The van der Waals surface area contributed by atoms with Crippen LogP contribution in [0.1, 0.15) is 10.5 Å². The number of carbonyl (C=O) groups is 1. The number of oxazole rings is 1. The first-order valence-electron chi connectivity index (χ1n) is 9.62. The molecule has 0 bridgehead atoms. The van der Waals surface area contributed by atoms with E-state index in [1.54, 1.807) is 24.5 Å². The number of rotatable bonds is 6. The summed E-state index contributed by atoms with van der Waals surface area (Å²) in [6.07, 6.45) is 5.61. The highest BCUT2D eigenvalue weighted by Crippen LogP contribution is 2.34. The molecule has 3 aromatic heterocycles. The van der Waals surface area contributed by atoms with Crippen molar-refractivity contribution in [2.75, 3.05) is 5.32 Å². The maximum Gasteiger partial charge on any atom is 0.357 e. The molecule has 33 heavy (non-hydrogen) atoms. The molecule has 0 radical (unpaired) electrons. The van der Waals surface area contributed by atoms with Crippen molar-refractivity contribution in [2.45, 2.75) is 0 Å². The first-order chi connectivity index (χ1) is 16.0. The highest BCUT2D eigenvalue weighted by Gasteiger charge is 2.17. The number of nitrogens with zero attached hydrogens (tertiary/aromatic N) is 5. The van der Waals surface area contributed by atoms with Gasteiger partial charge in [0.25, 0.3) is 0 Å². The molecule has 164 valence electrons. The van der Waals surface area contributed by atoms with Gasteiger partial charge in [-0.3, -0.25) is 0 Å². The Hall–Kier alpha value is -4.44. The summed E-state index contributed by atoms with van der Waals surface area (Å²) in [5.74, 6) is 0.334. The molecule has 0 saturated carbocycles. The third kappa shape index (κ3) is 4.06. The fraction of sp³-hybridized carbons (Fsp3) is 0.0455. The Morgan fingerprint density at radius 1 is 1.21 bits per heavy atom. The van der Waals surface area contributed by atoms with E-state index in [4.69, 9.17) is 25.9 Å². The lowest BCUT2D eigenvalue weighted by atomic mass is 10.2. The van der Waals surface area contributed by atoms with Gasteiger partial charge < -0.3 is 24.1 Å². The predicted molar refractivity (Wildman–Crippen MR) is 120 cm³/mol. The lowest BCUT2D eigenvalue weighted by Gasteiger charge is -2.12. The topological polar surface area (TPSA) is 128 Å². The molecule has 0 spiro atoms. The Balaban J connectivity index is 1.38. The molecule has 0 aliphatic rings. The Labute approximate surface area is 191 Å². The van der Waals surface area contributed by atoms with Gasteiger partial charge in [-0.05, 0) is 30.3 Å². The summed E-state index contributed by atoms with van der Waals surface area (Å²) in [5, 5.41) is 12.6. The average Bonchev–Trinajstić information content (AvgIpc) is 3.44. The number of aryl methyl sites for hydroxylation is 1. The van der Waals surface area contributed by atoms with Crippen LogP contribution in [-0.4, -0.2) is 35.6 Å². The molecule has 0 saturated heterocycles. The molecule has 11 heteroatoms. The van der Waals surface area contributed by atoms with Crippen LogP contribution in [0.2, 0.25) is 5.02 Å². The van der Waals surface area contributed by atoms with Crippen molar-refractivity contribution in [3.63, 3.8) is 0 Å². The number of nitrogens with one attached hydrogen (secondary N) is 1. The fourth-order valence-electron chi connectivity index (χ4n) is 3.19. The summed E-state index contributed by atoms with van der Waals surface area (Å²) in [7, 11) is 1.93. The van der Waals surface area contributed by atoms with E-state index in [1.807, 2.05) is 29.8 Å². The molecular formula is C22H15ClN6O4. The summed E-state index contributed by atoms with van der Waals surface area (Å²) in [6.45, 7) is 0. The number of imidazole rings is 1. The molecule has 2 aromatic carbocycles. The number of hydrogen-bond donors (Lipinski definition) is 2. The minimum absolute atomic E-state index is 0.0754. The van der Waals surface area contributed by atoms with Crippen LogP contribution in [0.4, 0.5) is 11.5 Å². The zero-order valence-corrected chi connectivity index (χ0v) is 17.8. The highest BCUT2D eigenvalue weighted by molar-refractivity contribution is 6.32. The molecule has 3 heterocycles. The second kappa shape index (κ2) is 8.24. The minimum Gasteiger partial charge on any atom is -0.476 e. The van der Waals surface area contributed by atoms with Crippen LogP contribution < -0.4 is 10.1 Å². The van der Waals surface area contributed by atoms with Crippen molar-refractivity contribution in [3.8, 4) is 23.0 Å². The van der Waals surface area contributed by atoms with Crippen LogP contribution in [-0.2, 0) is 7.05 Å². The van der Waals surface area contributed by atoms with E-state index in [0.29, 0.717) is 33.6 Å². The summed E-state index contributed by atoms with van der Waals surface area (Å²) < 4.78 is 13.1. The van der Waals surface area contributed by atoms with E-state index >= 15 is 0 Å². The third-order valence-corrected chi connectivity index (χ3v) is 5.08. The van der Waals surface area contributed by atoms with Crippen molar-refractivity contribution in [3.05, 3.63) is 72.2 Å². The van der Waals surface area contributed by atoms with Gasteiger partial charge in [-0.25, -0.2) is 24.7 Å². The molecule has 0 aliphatic heterocycles. The molecule has 0 atom stereocenters. The van der Waals surface area contributed by atoms with Crippen LogP contribution in [0.25, 0.3) is 22.5 Å². The zero-order valence-electron chi connectivity index (χ0n) is 17.1. The SMILES string of the molecule is Cn1cnc2cc(Oc3ccc(Nc4ncncc4-c4nc(C(=O)O)co4)cc3Cl)ccc21. The van der Waals surface area contributed by atoms with Crippen LogP contribution in [0.5, 0.6) is 11.5 Å². The van der Waals surface area contributed by atoms with E-state index in [2.05, 4.69) is 25.3 Å². The van der Waals surface area contributed by atoms with E-state index in [0.717, 1.165) is 17.3 Å². The fourth-order valence-corrected chi connectivity index (χ4v) is 3.40. The van der Waals surface area contributed by atoms with Crippen molar-refractivity contribution in [1.29, 1.82) is 0 Å². The van der Waals surface area contributed by atoms with Crippen LogP contribution in [0, 0.1) is 0 Å². The van der Waals surface area contributed by atoms with E-state index in [-0.39, 0.29) is 11.6 Å². The number of hydrogen-bond acceptors (Lipinski definition) is 8. The molecule has 0 unspecified atom stereocenters. The molecule has 0 aliphatic carbocycles. The predicted octanol–water partition coefficient (Wildman–Crippen LogP) is 4.91. The number of benzene rings is 2. The number of carboxylic acids is 1. The maximum absolute atomic E-state index is 11.1. The Bertz CT molecular complexity index is 1500. The smallest absolute Gasteiger partial charge is 0.357 e. The van der Waals surface area contributed by atoms with Crippen LogP contribution in [0.3, 0.4) is 0 Å². The quantitative estimate of drug-likeness (QED) is 0.361. The van der Waals surface area contributed by atoms with Gasteiger partial charge in [-0.1, -0.05) is 11.6 Å². The summed E-state index contributed by atoms with van der Waals surface area (Å²) in [6, 6.07) is 10.8. The second-order valence-corrected chi connectivity index (χ2v) is 7.41. The van der Waals surface area contributed by atoms with Crippen LogP contribution >= 0.6 is 11.6 Å². The summed E-state index contributed by atoms with van der Waals surface area (Å²) in [5.41, 5.74) is 2.62. The molecule has 5 rings (SSSR count). The van der Waals surface area contributed by atoms with Gasteiger partial charge in [0.05, 0.1) is 27.9 Å². The molecule has 2 N–H and O–H groups in total. The monoisotopic (exact) mass is 462 g/mol. The number of anilines is 2. The molecule has 5 aromatic rings. The largest absolute Gasteiger partial charge is 0.476 e. The molecule has 0 amide bonds. The number of carboxylic acid groups (broad SMARTS) is 1. The van der Waals surface area contributed by atoms with Crippen molar-refractivity contribution in [2.24, 2.45) is 7.05 Å². The molecular weight excluding hydrogens is 448 g/mol. The van der Waals surface area contributed by atoms with Gasteiger partial charge in [-0.15, -0.1) is 0 Å². The Morgan fingerprint density at radius 3 is 2.88 bits per heavy atom. The van der Waals surface area contributed by atoms with Gasteiger partial charge in [0.2, 0.25) is 5.89 Å². The number of aromatic nitrogens is 5. The van der Waals surface area contributed by atoms with E-state index < -0.39 is 5.97 Å². The van der Waals surface area contributed by atoms with Crippen molar-refractivity contribution < 1.29 is 19.1 Å². The molecule has 0 fully saturated rings. The normalized spacial score (nSPS) is 11.0. The first kappa shape index (κ1) is 20.5. The van der Waals surface area contributed by atoms with Crippen LogP contribution in [0.15, 0.2) is 65.9 Å². The summed E-state index contributed by atoms with van der Waals surface area (Å²) >= 11 is 6.45. The van der Waals surface area contributed by atoms with E-state index in [9.17, 15) is 4.79 Å². The van der Waals surface area contributed by atoms with Gasteiger partial charge in [0.1, 0.15) is 29.9 Å².